The summed E-state index contributed by atoms with van der Waals surface area (Å²) in [6.45, 7) is 0.516. The van der Waals surface area contributed by atoms with Crippen LogP contribution in [0.1, 0.15) is 17.5 Å². The molecule has 1 aliphatic rings. The van der Waals surface area contributed by atoms with E-state index in [0.29, 0.717) is 18.7 Å². The fraction of sp³-hybridized carbons (Fsp3) is 0.300. The summed E-state index contributed by atoms with van der Waals surface area (Å²) >= 11 is 0. The second-order valence-electron chi connectivity index (χ2n) is 3.53. The van der Waals surface area contributed by atoms with Gasteiger partial charge in [-0.15, -0.1) is 0 Å². The summed E-state index contributed by atoms with van der Waals surface area (Å²) < 4.78 is 22.6. The molecule has 0 bridgehead atoms. The highest BCUT2D eigenvalue weighted by Crippen LogP contribution is 2.46. The average Bonchev–Trinajstić information content (AvgIpc) is 2.59. The van der Waals surface area contributed by atoms with Crippen molar-refractivity contribution >= 4 is 16.5 Å². The van der Waals surface area contributed by atoms with Crippen molar-refractivity contribution in [1.82, 2.24) is 0 Å². The van der Waals surface area contributed by atoms with Crippen molar-refractivity contribution in [3.05, 3.63) is 35.4 Å². The summed E-state index contributed by atoms with van der Waals surface area (Å²) in [7, 11) is -2.70. The van der Waals surface area contributed by atoms with E-state index in [1.807, 2.05) is 24.3 Å². The first-order valence-corrected chi connectivity index (χ1v) is 6.42. The molecule has 0 aliphatic carbocycles. The quantitative estimate of drug-likeness (QED) is 0.721. The molecule has 0 spiro atoms. The highest BCUT2D eigenvalue weighted by molar-refractivity contribution is 8.23. The van der Waals surface area contributed by atoms with Gasteiger partial charge < -0.3 is 5.73 Å². The Kier molecular flexibility index (Phi) is 2.79. The van der Waals surface area contributed by atoms with Crippen LogP contribution in [0.25, 0.3) is 0 Å². The number of hydrogen-bond acceptors (Lipinski definition) is 4. The second kappa shape index (κ2) is 3.94. The van der Waals surface area contributed by atoms with Crippen LogP contribution >= 0.6 is 10.8 Å². The largest absolute Gasteiger partial charge is 0.326 e. The van der Waals surface area contributed by atoms with Gasteiger partial charge in [0.2, 0.25) is 0 Å². The molecule has 0 unspecified atom stereocenters. The van der Waals surface area contributed by atoms with Crippen molar-refractivity contribution in [2.75, 3.05) is 5.75 Å². The van der Waals surface area contributed by atoms with Crippen molar-refractivity contribution in [3.8, 4) is 0 Å². The van der Waals surface area contributed by atoms with Gasteiger partial charge in [-0.05, 0) is 11.1 Å². The SMILES string of the molecule is NCc1ccc(C2=NS(O)(O)CC2)cc1. The Hall–Kier alpha value is -0.880. The molecule has 1 aliphatic heterocycles. The van der Waals surface area contributed by atoms with Gasteiger partial charge in [-0.25, -0.2) is 0 Å². The topological polar surface area (TPSA) is 78.8 Å². The Bertz CT molecular complexity index is 387. The molecule has 0 amide bonds. The van der Waals surface area contributed by atoms with Crippen molar-refractivity contribution in [1.29, 1.82) is 0 Å². The third-order valence-electron chi connectivity index (χ3n) is 2.39. The maximum absolute atomic E-state index is 9.36. The van der Waals surface area contributed by atoms with E-state index in [1.54, 1.807) is 0 Å². The Labute approximate surface area is 90.3 Å². The number of hydrogen-bond donors (Lipinski definition) is 3. The van der Waals surface area contributed by atoms with Crippen LogP contribution < -0.4 is 5.73 Å². The predicted molar refractivity (Wildman–Crippen MR) is 63.2 cm³/mol. The second-order valence-corrected chi connectivity index (χ2v) is 5.38. The lowest BCUT2D eigenvalue weighted by atomic mass is 10.1. The van der Waals surface area contributed by atoms with Crippen LogP contribution in [0.4, 0.5) is 0 Å². The number of nitrogens with zero attached hydrogens (tertiary/aromatic N) is 1. The summed E-state index contributed by atoms with van der Waals surface area (Å²) in [4.78, 5) is 0. The molecule has 0 saturated carbocycles. The zero-order valence-electron chi connectivity index (χ0n) is 8.26. The molecule has 0 radical (unpaired) electrons. The smallest absolute Gasteiger partial charge is 0.0689 e. The van der Waals surface area contributed by atoms with E-state index in [9.17, 15) is 9.11 Å². The zero-order valence-corrected chi connectivity index (χ0v) is 9.07. The van der Waals surface area contributed by atoms with E-state index >= 15 is 0 Å². The summed E-state index contributed by atoms with van der Waals surface area (Å²) in [5.74, 6) is 0.348. The summed E-state index contributed by atoms with van der Waals surface area (Å²) in [6.07, 6.45) is 0.629. The van der Waals surface area contributed by atoms with E-state index in [0.717, 1.165) is 16.8 Å². The molecule has 0 fully saturated rings. The van der Waals surface area contributed by atoms with E-state index in [-0.39, 0.29) is 0 Å². The van der Waals surface area contributed by atoms with Gasteiger partial charge in [0.05, 0.1) is 11.5 Å². The summed E-state index contributed by atoms with van der Waals surface area (Å²) in [5, 5.41) is 0. The Morgan fingerprint density at radius 1 is 1.27 bits per heavy atom. The summed E-state index contributed by atoms with van der Waals surface area (Å²) in [5.41, 5.74) is 8.27. The molecule has 0 aromatic heterocycles. The molecule has 1 heterocycles. The van der Waals surface area contributed by atoms with Crippen LogP contribution in [-0.4, -0.2) is 20.6 Å². The molecule has 1 aromatic rings. The third-order valence-corrected chi connectivity index (χ3v) is 3.66. The molecule has 5 heteroatoms. The fourth-order valence-corrected chi connectivity index (χ4v) is 2.64. The lowest BCUT2D eigenvalue weighted by molar-refractivity contribution is 0.493. The first-order valence-electron chi connectivity index (χ1n) is 4.75. The minimum absolute atomic E-state index is 0.348. The molecule has 1 aromatic carbocycles. The van der Waals surface area contributed by atoms with E-state index in [1.165, 1.54) is 0 Å². The molecule has 4 N–H and O–H groups in total. The third kappa shape index (κ3) is 2.38. The standard InChI is InChI=1S/C10H14N2O2S/c11-7-8-1-3-9(4-2-8)10-5-6-15(13,14)12-10/h1-4,13-14H,5-7,11H2. The van der Waals surface area contributed by atoms with Crippen LogP contribution in [-0.2, 0) is 6.54 Å². The summed E-state index contributed by atoms with van der Waals surface area (Å²) in [6, 6.07) is 7.70. The number of rotatable bonds is 2. The zero-order chi connectivity index (χ0) is 10.9. The highest BCUT2D eigenvalue weighted by atomic mass is 32.3. The minimum Gasteiger partial charge on any atom is -0.326 e. The lowest BCUT2D eigenvalue weighted by Crippen LogP contribution is -1.99. The van der Waals surface area contributed by atoms with E-state index in [2.05, 4.69) is 4.40 Å². The Balaban J connectivity index is 2.24. The normalized spacial score (nSPS) is 21.1. The Morgan fingerprint density at radius 3 is 2.40 bits per heavy atom. The van der Waals surface area contributed by atoms with Gasteiger partial charge in [-0.2, -0.15) is 4.40 Å². The molecule has 0 saturated heterocycles. The lowest BCUT2D eigenvalue weighted by Gasteiger charge is -2.20. The van der Waals surface area contributed by atoms with E-state index < -0.39 is 10.8 Å². The first kappa shape index (κ1) is 10.6. The maximum Gasteiger partial charge on any atom is 0.0689 e. The van der Waals surface area contributed by atoms with Crippen molar-refractivity contribution < 1.29 is 9.11 Å². The number of nitrogens with two attached hydrogens (primary N) is 1. The molecule has 2 rings (SSSR count). The van der Waals surface area contributed by atoms with Crippen molar-refractivity contribution in [3.63, 3.8) is 0 Å². The average molecular weight is 226 g/mol. The maximum atomic E-state index is 9.36. The van der Waals surface area contributed by atoms with Gasteiger partial charge in [-0.1, -0.05) is 35.0 Å². The monoisotopic (exact) mass is 226 g/mol. The van der Waals surface area contributed by atoms with E-state index in [4.69, 9.17) is 5.73 Å². The first-order chi connectivity index (χ1) is 7.11. The van der Waals surface area contributed by atoms with Gasteiger partial charge in [0.1, 0.15) is 0 Å². The predicted octanol–water partition coefficient (Wildman–Crippen LogP) is 2.00. The van der Waals surface area contributed by atoms with Gasteiger partial charge in [0.25, 0.3) is 0 Å². The highest BCUT2D eigenvalue weighted by Gasteiger charge is 2.21. The van der Waals surface area contributed by atoms with Crippen molar-refractivity contribution in [2.45, 2.75) is 13.0 Å². The van der Waals surface area contributed by atoms with Crippen LogP contribution in [0.3, 0.4) is 0 Å². The van der Waals surface area contributed by atoms with Crippen LogP contribution in [0.15, 0.2) is 28.7 Å². The molecule has 15 heavy (non-hydrogen) atoms. The van der Waals surface area contributed by atoms with Crippen LogP contribution in [0, 0.1) is 0 Å². The van der Waals surface area contributed by atoms with Crippen LogP contribution in [0.5, 0.6) is 0 Å². The fourth-order valence-electron chi connectivity index (χ4n) is 1.53. The van der Waals surface area contributed by atoms with Crippen LogP contribution in [0.2, 0.25) is 0 Å². The minimum atomic E-state index is -2.70. The molecular weight excluding hydrogens is 212 g/mol. The molecule has 82 valence electrons. The van der Waals surface area contributed by atoms with Gasteiger partial charge in [0, 0.05) is 13.0 Å². The molecule has 0 atom stereocenters. The van der Waals surface area contributed by atoms with Gasteiger partial charge in [-0.3, -0.25) is 9.11 Å². The van der Waals surface area contributed by atoms with Gasteiger partial charge >= 0.3 is 0 Å². The molecule has 4 nitrogen and oxygen atoms in total. The van der Waals surface area contributed by atoms with Crippen molar-refractivity contribution in [2.24, 2.45) is 10.1 Å². The number of benzene rings is 1. The van der Waals surface area contributed by atoms with Gasteiger partial charge in [0.15, 0.2) is 0 Å². The molecular formula is C10H14N2O2S. The Morgan fingerprint density at radius 2 is 1.93 bits per heavy atom.